The van der Waals surface area contributed by atoms with Gasteiger partial charge in [-0.05, 0) is 38.2 Å². The molecule has 0 spiro atoms. The minimum absolute atomic E-state index is 0.0426. The van der Waals surface area contributed by atoms with Crippen LogP contribution < -0.4 is 5.32 Å². The summed E-state index contributed by atoms with van der Waals surface area (Å²) in [6, 6.07) is 2.30. The fourth-order valence-electron chi connectivity index (χ4n) is 2.09. The van der Waals surface area contributed by atoms with E-state index in [1.807, 2.05) is 6.92 Å². The smallest absolute Gasteiger partial charge is 0.167 e. The SMILES string of the molecule is CCc1nnc(NC(C)(CC)CC)c(C#N)c1CC. The van der Waals surface area contributed by atoms with Crippen LogP contribution in [0.5, 0.6) is 0 Å². The third-order valence-corrected chi connectivity index (χ3v) is 3.94. The van der Waals surface area contributed by atoms with Crippen LogP contribution in [0.25, 0.3) is 0 Å². The molecular weight excluding hydrogens is 236 g/mol. The summed E-state index contributed by atoms with van der Waals surface area (Å²) >= 11 is 0. The maximum atomic E-state index is 9.43. The molecule has 4 heteroatoms. The Kier molecular flexibility index (Phi) is 5.29. The van der Waals surface area contributed by atoms with Crippen LogP contribution in [-0.4, -0.2) is 15.7 Å². The highest BCUT2D eigenvalue weighted by atomic mass is 15.2. The van der Waals surface area contributed by atoms with Crippen LogP contribution in [0.1, 0.15) is 64.3 Å². The Bertz CT molecular complexity index is 470. The molecule has 0 aliphatic carbocycles. The van der Waals surface area contributed by atoms with E-state index in [1.165, 1.54) is 0 Å². The Hall–Kier alpha value is -1.63. The van der Waals surface area contributed by atoms with E-state index in [1.54, 1.807) is 0 Å². The summed E-state index contributed by atoms with van der Waals surface area (Å²) in [5.41, 5.74) is 2.57. The Morgan fingerprint density at radius 2 is 1.74 bits per heavy atom. The summed E-state index contributed by atoms with van der Waals surface area (Å²) in [5.74, 6) is 0.628. The van der Waals surface area contributed by atoms with E-state index in [9.17, 15) is 5.26 Å². The molecule has 0 amide bonds. The molecule has 1 rings (SSSR count). The van der Waals surface area contributed by atoms with Gasteiger partial charge in [-0.25, -0.2) is 0 Å². The van der Waals surface area contributed by atoms with Gasteiger partial charge in [-0.1, -0.05) is 27.7 Å². The second kappa shape index (κ2) is 6.51. The lowest BCUT2D eigenvalue weighted by atomic mass is 9.94. The Morgan fingerprint density at radius 3 is 2.16 bits per heavy atom. The topological polar surface area (TPSA) is 61.6 Å². The van der Waals surface area contributed by atoms with Gasteiger partial charge >= 0.3 is 0 Å². The van der Waals surface area contributed by atoms with Gasteiger partial charge in [0, 0.05) is 5.54 Å². The quantitative estimate of drug-likeness (QED) is 0.850. The lowest BCUT2D eigenvalue weighted by molar-refractivity contribution is 0.475. The molecule has 0 saturated carbocycles. The monoisotopic (exact) mass is 260 g/mol. The number of nitrogens with zero attached hydrogens (tertiary/aromatic N) is 3. The van der Waals surface area contributed by atoms with Crippen LogP contribution in [0.3, 0.4) is 0 Å². The molecule has 0 fully saturated rings. The molecule has 1 aromatic rings. The van der Waals surface area contributed by atoms with Gasteiger partial charge in [-0.3, -0.25) is 0 Å². The molecular formula is C15H24N4. The lowest BCUT2D eigenvalue weighted by Crippen LogP contribution is -2.34. The highest BCUT2D eigenvalue weighted by molar-refractivity contribution is 5.57. The van der Waals surface area contributed by atoms with Crippen LogP contribution in [0.2, 0.25) is 0 Å². The normalized spacial score (nSPS) is 11.2. The van der Waals surface area contributed by atoms with Crippen molar-refractivity contribution in [1.29, 1.82) is 5.26 Å². The summed E-state index contributed by atoms with van der Waals surface area (Å²) in [6.07, 6.45) is 3.58. The fourth-order valence-corrected chi connectivity index (χ4v) is 2.09. The van der Waals surface area contributed by atoms with E-state index < -0.39 is 0 Å². The molecule has 0 bridgehead atoms. The number of anilines is 1. The van der Waals surface area contributed by atoms with Crippen LogP contribution >= 0.6 is 0 Å². The summed E-state index contributed by atoms with van der Waals surface area (Å²) in [6.45, 7) is 10.5. The Balaban J connectivity index is 3.27. The third-order valence-electron chi connectivity index (χ3n) is 3.94. The molecule has 0 aliphatic heterocycles. The number of aryl methyl sites for hydroxylation is 1. The van der Waals surface area contributed by atoms with Crippen molar-refractivity contribution in [2.24, 2.45) is 0 Å². The molecule has 1 heterocycles. The van der Waals surface area contributed by atoms with E-state index in [-0.39, 0.29) is 5.54 Å². The van der Waals surface area contributed by atoms with Gasteiger partial charge in [-0.2, -0.15) is 10.4 Å². The van der Waals surface area contributed by atoms with Crippen LogP contribution in [-0.2, 0) is 12.8 Å². The van der Waals surface area contributed by atoms with Gasteiger partial charge in [0.15, 0.2) is 5.82 Å². The molecule has 0 saturated heterocycles. The molecule has 0 unspecified atom stereocenters. The predicted molar refractivity (Wildman–Crippen MR) is 78.1 cm³/mol. The number of aromatic nitrogens is 2. The second-order valence-corrected chi connectivity index (χ2v) is 5.06. The molecule has 4 nitrogen and oxygen atoms in total. The van der Waals surface area contributed by atoms with Gasteiger partial charge in [-0.15, -0.1) is 5.10 Å². The molecule has 19 heavy (non-hydrogen) atoms. The van der Waals surface area contributed by atoms with E-state index in [0.29, 0.717) is 11.4 Å². The van der Waals surface area contributed by atoms with Crippen molar-refractivity contribution in [2.45, 2.75) is 65.8 Å². The highest BCUT2D eigenvalue weighted by Gasteiger charge is 2.23. The number of rotatable bonds is 6. The first kappa shape index (κ1) is 15.4. The van der Waals surface area contributed by atoms with E-state index in [4.69, 9.17) is 0 Å². The van der Waals surface area contributed by atoms with Crippen LogP contribution in [0.15, 0.2) is 0 Å². The van der Waals surface area contributed by atoms with E-state index in [2.05, 4.69) is 49.3 Å². The molecule has 0 radical (unpaired) electrons. The molecule has 0 aromatic carbocycles. The molecule has 104 valence electrons. The fraction of sp³-hybridized carbons (Fsp3) is 0.667. The first-order chi connectivity index (χ1) is 9.05. The molecule has 0 aliphatic rings. The van der Waals surface area contributed by atoms with Crippen molar-refractivity contribution < 1.29 is 0 Å². The average molecular weight is 260 g/mol. The van der Waals surface area contributed by atoms with Crippen molar-refractivity contribution in [3.05, 3.63) is 16.8 Å². The van der Waals surface area contributed by atoms with Gasteiger partial charge in [0.2, 0.25) is 0 Å². The maximum Gasteiger partial charge on any atom is 0.167 e. The summed E-state index contributed by atoms with van der Waals surface area (Å²) in [5, 5.41) is 21.3. The molecule has 0 atom stereocenters. The maximum absolute atomic E-state index is 9.43. The van der Waals surface area contributed by atoms with Gasteiger partial charge in [0.1, 0.15) is 11.6 Å². The third kappa shape index (κ3) is 3.23. The first-order valence-electron chi connectivity index (χ1n) is 7.11. The van der Waals surface area contributed by atoms with Gasteiger partial charge in [0.25, 0.3) is 0 Å². The number of nitriles is 1. The van der Waals surface area contributed by atoms with Gasteiger partial charge < -0.3 is 5.32 Å². The summed E-state index contributed by atoms with van der Waals surface area (Å²) in [4.78, 5) is 0. The zero-order chi connectivity index (χ0) is 14.5. The largest absolute Gasteiger partial charge is 0.362 e. The van der Waals surface area contributed by atoms with Crippen molar-refractivity contribution in [1.82, 2.24) is 10.2 Å². The zero-order valence-corrected chi connectivity index (χ0v) is 12.7. The molecule has 1 aromatic heterocycles. The first-order valence-corrected chi connectivity index (χ1v) is 7.11. The number of hydrogen-bond donors (Lipinski definition) is 1. The van der Waals surface area contributed by atoms with Crippen molar-refractivity contribution >= 4 is 5.82 Å². The predicted octanol–water partition coefficient (Wildman–Crippen LogP) is 3.46. The second-order valence-electron chi connectivity index (χ2n) is 5.06. The average Bonchev–Trinajstić information content (AvgIpc) is 2.46. The summed E-state index contributed by atoms with van der Waals surface area (Å²) < 4.78 is 0. The van der Waals surface area contributed by atoms with Gasteiger partial charge in [0.05, 0.1) is 5.69 Å². The minimum atomic E-state index is -0.0426. The number of nitrogens with one attached hydrogen (secondary N) is 1. The van der Waals surface area contributed by atoms with Crippen molar-refractivity contribution in [2.75, 3.05) is 5.32 Å². The highest BCUT2D eigenvalue weighted by Crippen LogP contribution is 2.25. The standard InChI is InChI=1S/C15H24N4/c1-6-11-12(10-16)14(19-18-13(11)7-2)17-15(5,8-3)9-4/h6-9H2,1-5H3,(H,17,19). The minimum Gasteiger partial charge on any atom is -0.362 e. The van der Waals surface area contributed by atoms with E-state index in [0.717, 1.165) is 36.9 Å². The Labute approximate surface area is 116 Å². The van der Waals surface area contributed by atoms with Crippen LogP contribution in [0.4, 0.5) is 5.82 Å². The summed E-state index contributed by atoms with van der Waals surface area (Å²) in [7, 11) is 0. The lowest BCUT2D eigenvalue weighted by Gasteiger charge is -2.29. The van der Waals surface area contributed by atoms with Crippen molar-refractivity contribution in [3.8, 4) is 6.07 Å². The van der Waals surface area contributed by atoms with Crippen LogP contribution in [0, 0.1) is 11.3 Å². The Morgan fingerprint density at radius 1 is 1.11 bits per heavy atom. The molecule has 1 N–H and O–H groups in total. The number of hydrogen-bond acceptors (Lipinski definition) is 4. The van der Waals surface area contributed by atoms with E-state index >= 15 is 0 Å². The van der Waals surface area contributed by atoms with Crippen molar-refractivity contribution in [3.63, 3.8) is 0 Å². The zero-order valence-electron chi connectivity index (χ0n) is 12.7.